The molecule has 4 rings (SSSR count). The minimum Gasteiger partial charge on any atom is -0.298 e. The van der Waals surface area contributed by atoms with Gasteiger partial charge in [-0.2, -0.15) is 0 Å². The van der Waals surface area contributed by atoms with Crippen LogP contribution in [-0.4, -0.2) is 18.0 Å². The van der Waals surface area contributed by atoms with Crippen LogP contribution in [-0.2, 0) is 0 Å². The highest BCUT2D eigenvalue weighted by atomic mass is 15.2. The maximum absolute atomic E-state index is 2.57. The van der Waals surface area contributed by atoms with Crippen LogP contribution in [0.15, 0.2) is 0 Å². The molecule has 0 spiro atoms. The maximum Gasteiger partial charge on any atom is 0.0282 e. The predicted octanol–water partition coefficient (Wildman–Crippen LogP) is 1.51. The Hall–Kier alpha value is -0.0400. The molecule has 0 aromatic heterocycles. The zero-order valence-electron chi connectivity index (χ0n) is 6.29. The van der Waals surface area contributed by atoms with Gasteiger partial charge in [-0.25, -0.2) is 0 Å². The minimum atomic E-state index is 0.978. The molecule has 1 nitrogen and oxygen atoms in total. The zero-order valence-corrected chi connectivity index (χ0v) is 6.29. The Morgan fingerprint density at radius 1 is 1.00 bits per heavy atom. The van der Waals surface area contributed by atoms with E-state index in [1.165, 1.54) is 25.9 Å². The van der Waals surface area contributed by atoms with Crippen LogP contribution >= 0.6 is 0 Å². The molecule has 3 heterocycles. The van der Waals surface area contributed by atoms with Gasteiger partial charge in [0, 0.05) is 19.6 Å². The first-order chi connectivity index (χ1) is 4.90. The van der Waals surface area contributed by atoms with Gasteiger partial charge in [0.2, 0.25) is 0 Å². The SMILES string of the molecule is [CH]1C2CC3CC(C2)CN1C3. The average Bonchev–Trinajstić information content (AvgIpc) is 1.82. The molecule has 10 heavy (non-hydrogen) atoms. The van der Waals surface area contributed by atoms with Gasteiger partial charge in [-0.3, -0.25) is 4.90 Å². The summed E-state index contributed by atoms with van der Waals surface area (Å²) in [4.78, 5) is 2.57. The molecule has 1 saturated carbocycles. The van der Waals surface area contributed by atoms with Crippen molar-refractivity contribution in [3.8, 4) is 0 Å². The highest BCUT2D eigenvalue weighted by Crippen LogP contribution is 2.44. The smallest absolute Gasteiger partial charge is 0.0282 e. The summed E-state index contributed by atoms with van der Waals surface area (Å²) >= 11 is 0. The molecular formula is C9H14N. The van der Waals surface area contributed by atoms with E-state index in [-0.39, 0.29) is 0 Å². The first-order valence-corrected chi connectivity index (χ1v) is 4.49. The lowest BCUT2D eigenvalue weighted by atomic mass is 9.68. The van der Waals surface area contributed by atoms with E-state index < -0.39 is 0 Å². The number of rotatable bonds is 0. The number of hydrogen-bond acceptors (Lipinski definition) is 1. The second-order valence-electron chi connectivity index (χ2n) is 4.30. The Morgan fingerprint density at radius 3 is 2.20 bits per heavy atom. The summed E-state index contributed by atoms with van der Waals surface area (Å²) in [7, 11) is 0. The van der Waals surface area contributed by atoms with Crippen LogP contribution in [0.2, 0.25) is 0 Å². The molecule has 2 unspecified atom stereocenters. The van der Waals surface area contributed by atoms with Crippen LogP contribution in [0.4, 0.5) is 0 Å². The first-order valence-electron chi connectivity index (χ1n) is 4.49. The van der Waals surface area contributed by atoms with Crippen molar-refractivity contribution in [2.24, 2.45) is 17.8 Å². The Bertz CT molecular complexity index is 96.3. The predicted molar refractivity (Wildman–Crippen MR) is 40.2 cm³/mol. The Morgan fingerprint density at radius 2 is 1.70 bits per heavy atom. The fourth-order valence-electron chi connectivity index (χ4n) is 3.19. The summed E-state index contributed by atoms with van der Waals surface area (Å²) in [5.74, 6) is 3.12. The topological polar surface area (TPSA) is 3.24 Å². The van der Waals surface area contributed by atoms with Crippen LogP contribution in [0.25, 0.3) is 0 Å². The number of hydrogen-bond donors (Lipinski definition) is 0. The van der Waals surface area contributed by atoms with E-state index >= 15 is 0 Å². The molecule has 55 valence electrons. The molecule has 0 aromatic rings. The molecule has 4 fully saturated rings. The summed E-state index contributed by atoms with van der Waals surface area (Å²) in [6.45, 7) is 5.26. The molecule has 1 heteroatoms. The van der Waals surface area contributed by atoms with Crippen molar-refractivity contribution in [2.45, 2.75) is 19.3 Å². The monoisotopic (exact) mass is 136 g/mol. The Balaban J connectivity index is 1.90. The molecule has 1 radical (unpaired) electrons. The molecule has 4 bridgehead atoms. The van der Waals surface area contributed by atoms with E-state index in [1.54, 1.807) is 6.42 Å². The van der Waals surface area contributed by atoms with Gasteiger partial charge < -0.3 is 0 Å². The van der Waals surface area contributed by atoms with Crippen molar-refractivity contribution in [1.82, 2.24) is 4.90 Å². The van der Waals surface area contributed by atoms with Gasteiger partial charge in [-0.15, -0.1) is 0 Å². The minimum absolute atomic E-state index is 0.978. The van der Waals surface area contributed by atoms with Gasteiger partial charge in [0.15, 0.2) is 0 Å². The van der Waals surface area contributed by atoms with Gasteiger partial charge in [0.1, 0.15) is 0 Å². The maximum atomic E-state index is 2.57. The lowest BCUT2D eigenvalue weighted by molar-refractivity contribution is 0.0168. The largest absolute Gasteiger partial charge is 0.298 e. The molecule has 4 aliphatic rings. The molecule has 2 atom stereocenters. The summed E-state index contributed by atoms with van der Waals surface area (Å²) in [6.07, 6.45) is 4.56. The van der Waals surface area contributed by atoms with Gasteiger partial charge in [0.25, 0.3) is 0 Å². The first kappa shape index (κ1) is 5.59. The average molecular weight is 136 g/mol. The van der Waals surface area contributed by atoms with Crippen LogP contribution in [0, 0.1) is 24.3 Å². The van der Waals surface area contributed by atoms with E-state index in [0.717, 1.165) is 17.8 Å². The van der Waals surface area contributed by atoms with Crippen molar-refractivity contribution in [3.63, 3.8) is 0 Å². The van der Waals surface area contributed by atoms with Crippen LogP contribution in [0.5, 0.6) is 0 Å². The highest BCUT2D eigenvalue weighted by Gasteiger charge is 2.40. The van der Waals surface area contributed by atoms with Gasteiger partial charge in [-0.05, 0) is 37.0 Å². The van der Waals surface area contributed by atoms with Crippen LogP contribution in [0.3, 0.4) is 0 Å². The molecule has 0 aromatic carbocycles. The molecule has 3 aliphatic heterocycles. The molecule has 1 aliphatic carbocycles. The lowest BCUT2D eigenvalue weighted by Gasteiger charge is -2.51. The van der Waals surface area contributed by atoms with E-state index in [0.29, 0.717) is 0 Å². The van der Waals surface area contributed by atoms with Crippen molar-refractivity contribution < 1.29 is 0 Å². The van der Waals surface area contributed by atoms with E-state index in [4.69, 9.17) is 0 Å². The third kappa shape index (κ3) is 0.672. The van der Waals surface area contributed by atoms with E-state index in [1.807, 2.05) is 0 Å². The lowest BCUT2D eigenvalue weighted by Crippen LogP contribution is -2.50. The van der Waals surface area contributed by atoms with Gasteiger partial charge in [0.05, 0.1) is 0 Å². The fourth-order valence-corrected chi connectivity index (χ4v) is 3.19. The highest BCUT2D eigenvalue weighted by molar-refractivity contribution is 4.99. The second-order valence-corrected chi connectivity index (χ2v) is 4.30. The second kappa shape index (κ2) is 1.76. The third-order valence-electron chi connectivity index (χ3n) is 3.35. The number of piperidine rings is 3. The van der Waals surface area contributed by atoms with Gasteiger partial charge in [-0.1, -0.05) is 0 Å². The van der Waals surface area contributed by atoms with Crippen molar-refractivity contribution in [3.05, 3.63) is 6.54 Å². The molecule has 0 N–H and O–H groups in total. The summed E-state index contributed by atoms with van der Waals surface area (Å²) in [5, 5.41) is 0. The van der Waals surface area contributed by atoms with E-state index in [9.17, 15) is 0 Å². The van der Waals surface area contributed by atoms with Crippen LogP contribution in [0.1, 0.15) is 19.3 Å². The molecular weight excluding hydrogens is 122 g/mol. The van der Waals surface area contributed by atoms with Crippen molar-refractivity contribution in [2.75, 3.05) is 13.1 Å². The summed E-state index contributed by atoms with van der Waals surface area (Å²) < 4.78 is 0. The molecule has 0 amide bonds. The quantitative estimate of drug-likeness (QED) is 0.488. The third-order valence-corrected chi connectivity index (χ3v) is 3.35. The fraction of sp³-hybridized carbons (Fsp3) is 0.889. The van der Waals surface area contributed by atoms with Crippen molar-refractivity contribution in [1.29, 1.82) is 0 Å². The Labute approximate surface area is 62.4 Å². The Kier molecular flexibility index (Phi) is 0.984. The summed E-state index contributed by atoms with van der Waals surface area (Å²) in [6, 6.07) is 0. The molecule has 3 saturated heterocycles. The van der Waals surface area contributed by atoms with Gasteiger partial charge >= 0.3 is 0 Å². The normalized spacial score (nSPS) is 57.6. The van der Waals surface area contributed by atoms with Crippen molar-refractivity contribution >= 4 is 0 Å². The standard InChI is InChI=1S/C9H14N/c1-7-2-9-3-8(1)5-10(4-7)6-9/h4,7-9H,1-3,5-6H2. The number of nitrogens with zero attached hydrogens (tertiary/aromatic N) is 1. The zero-order chi connectivity index (χ0) is 6.55. The van der Waals surface area contributed by atoms with Crippen LogP contribution < -0.4 is 0 Å². The summed E-state index contributed by atoms with van der Waals surface area (Å²) in [5.41, 5.74) is 0. The van der Waals surface area contributed by atoms with E-state index in [2.05, 4.69) is 11.4 Å².